The number of para-hydroxylation sites is 4. The quantitative estimate of drug-likeness (QED) is 0.0186. The number of Topliss-reactive ketones (excluding diaryl/α,β-unsaturated/α-hetero) is 1. The van der Waals surface area contributed by atoms with Gasteiger partial charge in [-0.05, 0) is 213 Å². The largest absolute Gasteiger partial charge is 0.550 e. The summed E-state index contributed by atoms with van der Waals surface area (Å²) < 4.78 is 15.7. The predicted octanol–water partition coefficient (Wildman–Crippen LogP) is 23.5. The van der Waals surface area contributed by atoms with E-state index in [0.717, 1.165) is 102 Å². The molecule has 4 heterocycles. The van der Waals surface area contributed by atoms with E-state index in [0.29, 0.717) is 61.7 Å². The highest BCUT2D eigenvalue weighted by molar-refractivity contribution is 6.48. The van der Waals surface area contributed by atoms with Crippen LogP contribution >= 0.6 is 0 Å². The molecule has 2 N–H and O–H groups in total. The summed E-state index contributed by atoms with van der Waals surface area (Å²) in [7, 11) is 0. The van der Waals surface area contributed by atoms with Crippen molar-refractivity contribution in [2.45, 2.75) is 240 Å². The van der Waals surface area contributed by atoms with E-state index >= 15 is 0 Å². The average molecular weight is 1780 g/mol. The molecule has 14 rings (SSSR count). The highest BCUT2D eigenvalue weighted by atomic mass is 16.5. The molecule has 3 aliphatic heterocycles. The number of aromatic nitrogens is 1. The molecule has 4 atom stereocenters. The summed E-state index contributed by atoms with van der Waals surface area (Å²) in [5.74, 6) is -2.39. The second kappa shape index (κ2) is 47.7. The third kappa shape index (κ3) is 24.0. The highest BCUT2D eigenvalue weighted by Gasteiger charge is 2.46. The van der Waals surface area contributed by atoms with Gasteiger partial charge in [0, 0.05) is 142 Å². The lowest BCUT2D eigenvalue weighted by molar-refractivity contribution is -0.438. The van der Waals surface area contributed by atoms with Crippen molar-refractivity contribution in [3.8, 4) is 0 Å². The summed E-state index contributed by atoms with van der Waals surface area (Å²) >= 11 is 0. The molecule has 1 aromatic heterocycles. The Bertz CT molecular complexity index is 5810. The maximum Gasteiger partial charge on any atom is 0.311 e. The van der Waals surface area contributed by atoms with Crippen LogP contribution in [-0.2, 0) is 50.8 Å². The first-order valence-corrected chi connectivity index (χ1v) is 48.1. The Balaban J connectivity index is 0.000000205. The van der Waals surface area contributed by atoms with Gasteiger partial charge in [-0.3, -0.25) is 19.4 Å². The summed E-state index contributed by atoms with van der Waals surface area (Å²) in [6.07, 6.45) is 19.2. The number of aliphatic carboxylic acids is 2. The van der Waals surface area contributed by atoms with Gasteiger partial charge in [-0.1, -0.05) is 255 Å². The van der Waals surface area contributed by atoms with Crippen LogP contribution in [0.25, 0.3) is 33.2 Å². The van der Waals surface area contributed by atoms with Crippen molar-refractivity contribution in [1.82, 2.24) is 4.57 Å². The van der Waals surface area contributed by atoms with Crippen LogP contribution in [-0.4, -0.2) is 100 Å². The number of esters is 2. The van der Waals surface area contributed by atoms with Crippen LogP contribution in [0.5, 0.6) is 0 Å². The molecule has 0 amide bonds. The van der Waals surface area contributed by atoms with E-state index in [9.17, 15) is 39.3 Å². The minimum atomic E-state index is -0.956. The van der Waals surface area contributed by atoms with Crippen LogP contribution < -0.4 is 25.0 Å². The lowest BCUT2D eigenvalue weighted by Crippen LogP contribution is -2.66. The Morgan fingerprint density at radius 3 is 1.76 bits per heavy atom. The van der Waals surface area contributed by atoms with Crippen LogP contribution in [0.2, 0.25) is 0 Å². The van der Waals surface area contributed by atoms with Crippen molar-refractivity contribution in [1.29, 1.82) is 0 Å². The number of nitrogens with one attached hydrogen (secondary N) is 1. The van der Waals surface area contributed by atoms with Gasteiger partial charge in [0.15, 0.2) is 12.3 Å². The van der Waals surface area contributed by atoms with Crippen molar-refractivity contribution < 1.29 is 58.3 Å². The summed E-state index contributed by atoms with van der Waals surface area (Å²) in [5.41, 5.74) is 27.3. The molecular weight excluding hydrogens is 1640 g/mol. The van der Waals surface area contributed by atoms with Crippen molar-refractivity contribution in [2.75, 3.05) is 49.2 Å². The number of aryl methyl sites for hydroxylation is 2. The van der Waals surface area contributed by atoms with Gasteiger partial charge in [0.2, 0.25) is 22.9 Å². The minimum absolute atomic E-state index is 0.0213. The zero-order valence-corrected chi connectivity index (χ0v) is 82.8. The maximum atomic E-state index is 13.6. The Labute approximate surface area is 787 Å². The third-order valence-electron chi connectivity index (χ3n) is 26.5. The van der Waals surface area contributed by atoms with Crippen LogP contribution in [0.4, 0.5) is 28.4 Å². The number of anilines is 2. The molecule has 2 aliphatic carbocycles. The molecule has 698 valence electrons. The van der Waals surface area contributed by atoms with Crippen LogP contribution in [0.3, 0.4) is 0 Å². The predicted molar refractivity (Wildman–Crippen MR) is 543 cm³/mol. The zero-order valence-electron chi connectivity index (χ0n) is 82.8. The number of hydrogen-bond acceptors (Lipinski definition) is 13. The van der Waals surface area contributed by atoms with Gasteiger partial charge in [0.25, 0.3) is 0 Å². The third-order valence-corrected chi connectivity index (χ3v) is 26.5. The normalized spacial score (nSPS) is 16.6. The highest BCUT2D eigenvalue weighted by Crippen LogP contribution is 2.50. The fourth-order valence-electron chi connectivity index (χ4n) is 17.0. The number of hydrogen-bond donors (Lipinski definition) is 2. The van der Waals surface area contributed by atoms with Gasteiger partial charge in [0.1, 0.15) is 5.76 Å². The second-order valence-corrected chi connectivity index (χ2v) is 36.4. The smallest absolute Gasteiger partial charge is 0.311 e. The first-order valence-electron chi connectivity index (χ1n) is 48.1. The lowest BCUT2D eigenvalue weighted by Gasteiger charge is -2.27. The van der Waals surface area contributed by atoms with Crippen LogP contribution in [0.15, 0.2) is 247 Å². The number of nitrogens with zero attached hydrogens (tertiary/aromatic N) is 5. The molecule has 0 saturated heterocycles. The number of carboxylic acids is 2. The number of allylic oxidation sites excluding steroid dienone is 10. The number of benzene rings is 8. The monoisotopic (exact) mass is 1780 g/mol. The maximum absolute atomic E-state index is 13.6. The number of ketones is 1. The Morgan fingerprint density at radius 2 is 1.17 bits per heavy atom. The molecule has 0 radical (unpaired) electrons. The number of aliphatic hydroxyl groups is 1. The Kier molecular flexibility index (Phi) is 37.4. The van der Waals surface area contributed by atoms with Gasteiger partial charge in [-0.25, -0.2) is 4.99 Å². The first-order chi connectivity index (χ1) is 63.2. The van der Waals surface area contributed by atoms with E-state index in [2.05, 4.69) is 274 Å². The molecule has 0 bridgehead atoms. The fourth-order valence-corrected chi connectivity index (χ4v) is 17.0. The molecule has 16 heteroatoms. The first kappa shape index (κ1) is 103. The lowest BCUT2D eigenvalue weighted by atomic mass is 9.78. The fraction of sp³-hybridized carbons (Fsp3) is 0.397. The molecule has 9 aromatic rings. The number of unbranched alkanes of at least 4 members (excludes halogenated alkanes) is 1. The summed E-state index contributed by atoms with van der Waals surface area (Å²) in [6.45, 7) is 52.4. The molecule has 5 aliphatic rings. The Morgan fingerprint density at radius 1 is 0.598 bits per heavy atom. The van der Waals surface area contributed by atoms with E-state index in [1.807, 2.05) is 125 Å². The molecule has 0 spiro atoms. The molecule has 16 nitrogen and oxygen atoms in total. The number of aliphatic hydroxyl groups excluding tert-OH is 1. The number of fused-ring (bicyclic) bond motifs is 5. The van der Waals surface area contributed by atoms with E-state index < -0.39 is 17.4 Å². The number of carbonyl (C=O) groups excluding carboxylic acids is 5. The minimum Gasteiger partial charge on any atom is -0.550 e. The van der Waals surface area contributed by atoms with Crippen LogP contribution in [0, 0.1) is 37.0 Å². The van der Waals surface area contributed by atoms with Crippen molar-refractivity contribution in [3.63, 3.8) is 0 Å². The van der Waals surface area contributed by atoms with Gasteiger partial charge in [-0.2, -0.15) is 4.58 Å². The number of rotatable bonds is 30. The molecular formula is C116H144N6O10. The number of carbonyl (C=O) groups is 5. The molecule has 0 fully saturated rings. The van der Waals surface area contributed by atoms with Gasteiger partial charge >= 0.3 is 11.9 Å². The topological polar surface area (TPSA) is 211 Å². The number of ether oxygens (including phenoxy) is 2. The molecule has 4 unspecified atom stereocenters. The van der Waals surface area contributed by atoms with Gasteiger partial charge < -0.3 is 48.7 Å². The summed E-state index contributed by atoms with van der Waals surface area (Å²) in [5, 5.41) is 31.8. The van der Waals surface area contributed by atoms with Gasteiger partial charge in [0.05, 0.1) is 52.4 Å². The van der Waals surface area contributed by atoms with Crippen LogP contribution in [0.1, 0.15) is 270 Å². The standard InChI is InChI=1S/C38H40N2.C35H47N2O2.C31H32N2O4.2C5H10O2.C2H6/c1-6-28(5)29-17-21-32(22-18-29)39-37-26-25-36(34-11-9-10-12-35(34)37)38(30-15-13-27(4)14-16-30)31-19-23-33(24-20-31)40(7-2)8-3;1-8-10-23-36-29-19-13-11-17-27(29)34(4,5)31(36)21-15-22-32-35(6,7)28-18-12-14-20-30(28)37(32)24-16-25-39-33(38)26(3)9-2;1-6-31(4,5)30(36)37-17-11-16-33-19(3)25(21-13-8-10-15-23(21)33)27-28(34)26(29(27)35)24-18(2)32-22-14-9-7-12-20(22)24;2*1-3-4(2)5(6)7;1-2/h9-26,28H,6-8H2,1-5H3;11-15,17-22,26H,8-10,16,23-25H2,1-7H3;7-10,12-15,34H,6,11,16-17H2,1-5H3;2*4H,3H2,1-2H3,(H,6,7);1-2H3/q;+1;;;;/p-1. The Hall–Kier alpha value is -12.3. The van der Waals surface area contributed by atoms with Gasteiger partial charge in [-0.15, -0.1) is 0 Å². The second-order valence-electron chi connectivity index (χ2n) is 36.4. The number of carboxylic acid groups (broad SMARTS) is 2. The summed E-state index contributed by atoms with van der Waals surface area (Å²) in [6, 6.07) is 68.8. The zero-order chi connectivity index (χ0) is 96.5. The molecule has 8 aromatic carbocycles. The van der Waals surface area contributed by atoms with Crippen molar-refractivity contribution in [3.05, 3.63) is 303 Å². The number of aliphatic imine (C=N–C) groups is 1. The van der Waals surface area contributed by atoms with Crippen molar-refractivity contribution in [2.24, 2.45) is 28.2 Å². The van der Waals surface area contributed by atoms with E-state index in [4.69, 9.17) is 9.47 Å². The van der Waals surface area contributed by atoms with E-state index in [1.165, 1.54) is 97.0 Å². The van der Waals surface area contributed by atoms with Crippen molar-refractivity contribution >= 4 is 108 Å². The van der Waals surface area contributed by atoms with E-state index in [1.54, 1.807) is 13.8 Å². The molecule has 132 heavy (non-hydrogen) atoms. The van der Waals surface area contributed by atoms with E-state index in [-0.39, 0.29) is 52.1 Å². The molecule has 0 saturated carbocycles. The average Bonchev–Trinajstić information content (AvgIpc) is 1.47. The SMILES string of the molecule is CC.CCC(C)(C)C(=O)OCCCn1c(C)c(C2=C(O)C(=C3C(C)=Nc4ccccc43)C2=O)c2ccccc21.CCC(C)C(=O)[O-].CCC(C)C(=O)[O-].CCC(C)c1ccc([NH+]=C2C=CC(=C(c3ccc(C)cc3)c3ccc(N(CC)CC)cc3)c3ccccc32)cc1.CCCCN1C(=CC=CC2=[N+](CCCOC(=O)C(C)CC)c3ccccc3C2(C)C)C(C)(C)c2ccccc21. The summed E-state index contributed by atoms with van der Waals surface area (Å²) in [4.78, 5) is 70.9.